The van der Waals surface area contributed by atoms with Gasteiger partial charge in [0.05, 0.1) is 5.56 Å². The van der Waals surface area contributed by atoms with Crippen molar-refractivity contribution in [2.75, 3.05) is 0 Å². The number of aromatic amines is 1. The Balaban J connectivity index is 2.46. The normalized spacial score (nSPS) is 9.82. The molecule has 11 heavy (non-hydrogen) atoms. The molecule has 2 heterocycles. The molecule has 0 spiro atoms. The van der Waals surface area contributed by atoms with E-state index in [0.29, 0.717) is 5.82 Å². The van der Waals surface area contributed by atoms with Crippen molar-refractivity contribution in [3.05, 3.63) is 18.7 Å². The van der Waals surface area contributed by atoms with Crippen LogP contribution in [-0.4, -0.2) is 30.6 Å². The summed E-state index contributed by atoms with van der Waals surface area (Å²) in [6.07, 6.45) is 4.72. The summed E-state index contributed by atoms with van der Waals surface area (Å²) < 4.78 is 0. The van der Waals surface area contributed by atoms with Crippen LogP contribution in [0.25, 0.3) is 11.4 Å². The van der Waals surface area contributed by atoms with E-state index in [9.17, 15) is 0 Å². The van der Waals surface area contributed by atoms with Crippen molar-refractivity contribution in [2.45, 2.75) is 0 Å². The van der Waals surface area contributed by atoms with Crippen LogP contribution in [0.2, 0.25) is 0 Å². The fraction of sp³-hybridized carbons (Fsp3) is 0. The number of nitrogens with zero attached hydrogens (tertiary/aromatic N) is 5. The summed E-state index contributed by atoms with van der Waals surface area (Å²) in [5.41, 5.74) is 0.775. The van der Waals surface area contributed by atoms with E-state index in [0.717, 1.165) is 5.56 Å². The maximum atomic E-state index is 3.81. The first kappa shape index (κ1) is 5.90. The van der Waals surface area contributed by atoms with Gasteiger partial charge in [-0.3, -0.25) is 0 Å². The summed E-state index contributed by atoms with van der Waals surface area (Å²) in [6.45, 7) is 0. The van der Waals surface area contributed by atoms with Gasteiger partial charge in [-0.2, -0.15) is 0 Å². The molecule has 0 saturated carbocycles. The Morgan fingerprint density at radius 1 is 1.18 bits per heavy atom. The number of rotatable bonds is 1. The second-order valence-corrected chi connectivity index (χ2v) is 1.88. The molecular weight excluding hydrogens is 144 g/mol. The Morgan fingerprint density at radius 2 is 2.00 bits per heavy atom. The van der Waals surface area contributed by atoms with E-state index in [-0.39, 0.29) is 0 Å². The lowest BCUT2D eigenvalue weighted by Crippen LogP contribution is -1.83. The average molecular weight is 148 g/mol. The third-order valence-electron chi connectivity index (χ3n) is 1.18. The van der Waals surface area contributed by atoms with Crippen molar-refractivity contribution < 1.29 is 0 Å². The van der Waals surface area contributed by atoms with Gasteiger partial charge in [-0.15, -0.1) is 5.10 Å². The zero-order valence-corrected chi connectivity index (χ0v) is 5.47. The molecule has 2 aromatic heterocycles. The molecule has 0 aliphatic rings. The number of hydrogen-bond donors (Lipinski definition) is 1. The highest BCUT2D eigenvalue weighted by atomic mass is 15.5. The molecule has 1 N–H and O–H groups in total. The largest absolute Gasteiger partial charge is 0.244 e. The van der Waals surface area contributed by atoms with Crippen LogP contribution in [0.1, 0.15) is 0 Å². The zero-order valence-electron chi connectivity index (χ0n) is 5.47. The van der Waals surface area contributed by atoms with Crippen molar-refractivity contribution >= 4 is 0 Å². The Morgan fingerprint density at radius 3 is 2.64 bits per heavy atom. The van der Waals surface area contributed by atoms with Crippen molar-refractivity contribution in [2.24, 2.45) is 0 Å². The minimum absolute atomic E-state index is 0.575. The molecule has 0 aliphatic heterocycles. The fourth-order valence-corrected chi connectivity index (χ4v) is 0.703. The van der Waals surface area contributed by atoms with Crippen LogP contribution in [0.4, 0.5) is 0 Å². The van der Waals surface area contributed by atoms with Crippen molar-refractivity contribution in [3.8, 4) is 11.4 Å². The van der Waals surface area contributed by atoms with Crippen LogP contribution in [0.15, 0.2) is 18.7 Å². The van der Waals surface area contributed by atoms with E-state index in [1.807, 2.05) is 0 Å². The van der Waals surface area contributed by atoms with Gasteiger partial charge < -0.3 is 0 Å². The zero-order chi connectivity index (χ0) is 7.52. The lowest BCUT2D eigenvalue weighted by molar-refractivity contribution is 0.881. The van der Waals surface area contributed by atoms with E-state index in [1.165, 1.54) is 6.33 Å². The molecule has 0 aromatic carbocycles. The lowest BCUT2D eigenvalue weighted by atomic mass is 10.3. The molecule has 0 fully saturated rings. The summed E-state index contributed by atoms with van der Waals surface area (Å²) in [7, 11) is 0. The van der Waals surface area contributed by atoms with Gasteiger partial charge in [0, 0.05) is 12.4 Å². The van der Waals surface area contributed by atoms with Gasteiger partial charge >= 0.3 is 0 Å². The number of hydrogen-bond acceptors (Lipinski definition) is 5. The van der Waals surface area contributed by atoms with Gasteiger partial charge in [-0.05, 0) is 10.4 Å². The first-order valence-electron chi connectivity index (χ1n) is 2.96. The topological polar surface area (TPSA) is 80.2 Å². The van der Waals surface area contributed by atoms with Crippen molar-refractivity contribution in [1.29, 1.82) is 0 Å². The summed E-state index contributed by atoms with van der Waals surface area (Å²) in [4.78, 5) is 7.63. The Kier molecular flexibility index (Phi) is 1.29. The monoisotopic (exact) mass is 148 g/mol. The fourth-order valence-electron chi connectivity index (χ4n) is 0.703. The summed E-state index contributed by atoms with van der Waals surface area (Å²) >= 11 is 0. The molecular formula is C5H4N6. The van der Waals surface area contributed by atoms with Crippen molar-refractivity contribution in [3.63, 3.8) is 0 Å². The summed E-state index contributed by atoms with van der Waals surface area (Å²) in [6, 6.07) is 0. The van der Waals surface area contributed by atoms with Crippen LogP contribution >= 0.6 is 0 Å². The van der Waals surface area contributed by atoms with Gasteiger partial charge in [-0.25, -0.2) is 15.1 Å². The Labute approximate surface area is 61.7 Å². The van der Waals surface area contributed by atoms with E-state index < -0.39 is 0 Å². The lowest BCUT2D eigenvalue weighted by Gasteiger charge is -1.88. The molecule has 6 heteroatoms. The smallest absolute Gasteiger partial charge is 0.182 e. The van der Waals surface area contributed by atoms with Crippen LogP contribution in [-0.2, 0) is 0 Å². The molecule has 0 unspecified atom stereocenters. The highest BCUT2D eigenvalue weighted by Gasteiger charge is 1.99. The SMILES string of the molecule is c1ncc(-c2nnn[nH]2)cn1. The number of aromatic nitrogens is 6. The third-order valence-corrected chi connectivity index (χ3v) is 1.18. The summed E-state index contributed by atoms with van der Waals surface area (Å²) in [5.74, 6) is 0.575. The van der Waals surface area contributed by atoms with Crippen LogP contribution < -0.4 is 0 Å². The molecule has 54 valence electrons. The molecule has 6 nitrogen and oxygen atoms in total. The predicted molar refractivity (Wildman–Crippen MR) is 35.2 cm³/mol. The minimum Gasteiger partial charge on any atom is -0.244 e. The molecule has 0 saturated heterocycles. The van der Waals surface area contributed by atoms with Gasteiger partial charge in [0.1, 0.15) is 6.33 Å². The standard InChI is InChI=1S/C5H4N6/c1-4(2-7-3-6-1)5-8-10-11-9-5/h1-3H,(H,8,9,10,11). The van der Waals surface area contributed by atoms with Gasteiger partial charge in [-0.1, -0.05) is 0 Å². The van der Waals surface area contributed by atoms with Crippen LogP contribution in [0.5, 0.6) is 0 Å². The first-order valence-corrected chi connectivity index (χ1v) is 2.96. The van der Waals surface area contributed by atoms with E-state index in [2.05, 4.69) is 30.6 Å². The highest BCUT2D eigenvalue weighted by molar-refractivity contribution is 5.49. The van der Waals surface area contributed by atoms with Crippen LogP contribution in [0, 0.1) is 0 Å². The number of nitrogens with one attached hydrogen (secondary N) is 1. The van der Waals surface area contributed by atoms with Crippen LogP contribution in [0.3, 0.4) is 0 Å². The Hall–Kier alpha value is -1.85. The molecule has 2 aromatic rings. The van der Waals surface area contributed by atoms with Gasteiger partial charge in [0.15, 0.2) is 5.82 Å². The Bertz CT molecular complexity index is 314. The third kappa shape index (κ3) is 1.05. The number of tetrazole rings is 1. The maximum Gasteiger partial charge on any atom is 0.182 e. The van der Waals surface area contributed by atoms with E-state index in [4.69, 9.17) is 0 Å². The molecule has 0 aliphatic carbocycles. The minimum atomic E-state index is 0.575. The predicted octanol–water partition coefficient (Wildman–Crippen LogP) is -0.343. The van der Waals surface area contributed by atoms with E-state index in [1.54, 1.807) is 12.4 Å². The molecule has 0 bridgehead atoms. The second-order valence-electron chi connectivity index (χ2n) is 1.88. The molecule has 0 amide bonds. The van der Waals surface area contributed by atoms with Gasteiger partial charge in [0.25, 0.3) is 0 Å². The quantitative estimate of drug-likeness (QED) is 0.598. The second kappa shape index (κ2) is 2.41. The number of H-pyrrole nitrogens is 1. The summed E-state index contributed by atoms with van der Waals surface area (Å²) in [5, 5.41) is 13.1. The molecule has 2 rings (SSSR count). The average Bonchev–Trinajstić information content (AvgIpc) is 2.58. The maximum absolute atomic E-state index is 3.81. The van der Waals surface area contributed by atoms with Crippen molar-refractivity contribution in [1.82, 2.24) is 30.6 Å². The molecule has 0 atom stereocenters. The van der Waals surface area contributed by atoms with E-state index >= 15 is 0 Å². The molecule has 0 radical (unpaired) electrons. The van der Waals surface area contributed by atoms with Gasteiger partial charge in [0.2, 0.25) is 0 Å². The first-order chi connectivity index (χ1) is 5.47. The highest BCUT2D eigenvalue weighted by Crippen LogP contribution is 2.06.